The van der Waals surface area contributed by atoms with Gasteiger partial charge < -0.3 is 14.6 Å². The number of rotatable bonds is 4. The van der Waals surface area contributed by atoms with Crippen molar-refractivity contribution in [3.63, 3.8) is 0 Å². The predicted octanol–water partition coefficient (Wildman–Crippen LogP) is 3.46. The summed E-state index contributed by atoms with van der Waals surface area (Å²) in [6.45, 7) is 1.26. The lowest BCUT2D eigenvalue weighted by Gasteiger charge is -2.11. The van der Waals surface area contributed by atoms with Gasteiger partial charge in [0.05, 0.1) is 13.2 Å². The quantitative estimate of drug-likeness (QED) is 0.930. The number of benzene rings is 2. The second kappa shape index (κ2) is 5.85. The highest BCUT2D eigenvalue weighted by molar-refractivity contribution is 9.10. The van der Waals surface area contributed by atoms with Crippen LogP contribution in [0, 0.1) is 0 Å². The number of hydrogen-bond acceptors (Lipinski definition) is 3. The molecule has 0 aromatic heterocycles. The topological polar surface area (TPSA) is 38.7 Å². The number of ether oxygens (including phenoxy) is 2. The molecule has 0 bridgehead atoms. The molecule has 1 heterocycles. The summed E-state index contributed by atoms with van der Waals surface area (Å²) < 4.78 is 12.5. The fraction of sp³-hybridized carbons (Fsp3) is 0.250. The van der Waals surface area contributed by atoms with Gasteiger partial charge in [0.15, 0.2) is 0 Å². The highest BCUT2D eigenvalue weighted by Gasteiger charge is 2.17. The van der Waals surface area contributed by atoms with Gasteiger partial charge in [-0.05, 0) is 35.4 Å². The van der Waals surface area contributed by atoms with Crippen molar-refractivity contribution in [2.24, 2.45) is 0 Å². The van der Waals surface area contributed by atoms with E-state index in [-0.39, 0.29) is 6.61 Å². The molecule has 0 fully saturated rings. The van der Waals surface area contributed by atoms with Crippen molar-refractivity contribution in [1.82, 2.24) is 0 Å². The van der Waals surface area contributed by atoms with Gasteiger partial charge in [-0.15, -0.1) is 0 Å². The van der Waals surface area contributed by atoms with E-state index < -0.39 is 0 Å². The molecule has 20 heavy (non-hydrogen) atoms. The largest absolute Gasteiger partial charge is 0.493 e. The second-order valence-corrected chi connectivity index (χ2v) is 5.66. The van der Waals surface area contributed by atoms with Crippen LogP contribution in [0.3, 0.4) is 0 Å². The lowest BCUT2D eigenvalue weighted by atomic mass is 10.1. The van der Waals surface area contributed by atoms with Gasteiger partial charge in [-0.2, -0.15) is 0 Å². The van der Waals surface area contributed by atoms with Crippen LogP contribution in [0.2, 0.25) is 0 Å². The van der Waals surface area contributed by atoms with Crippen LogP contribution in [0.15, 0.2) is 40.9 Å². The van der Waals surface area contributed by atoms with Crippen LogP contribution in [-0.2, 0) is 19.6 Å². The molecule has 0 aliphatic carbocycles. The Morgan fingerprint density at radius 3 is 2.75 bits per heavy atom. The first kappa shape index (κ1) is 13.5. The third kappa shape index (κ3) is 2.81. The molecule has 1 aliphatic heterocycles. The van der Waals surface area contributed by atoms with Gasteiger partial charge in [0.2, 0.25) is 0 Å². The standard InChI is InChI=1S/C16H15BrO3/c17-14-7-12-5-6-19-16(12)13(8-14)10-20-15-3-1-11(9-18)2-4-15/h1-4,7-8,18H,5-6,9-10H2. The molecule has 1 aliphatic rings. The van der Waals surface area contributed by atoms with Crippen LogP contribution >= 0.6 is 15.9 Å². The summed E-state index contributed by atoms with van der Waals surface area (Å²) in [5, 5.41) is 9.01. The summed E-state index contributed by atoms with van der Waals surface area (Å²) in [5.74, 6) is 1.74. The molecular formula is C16H15BrO3. The first-order valence-corrected chi connectivity index (χ1v) is 7.32. The van der Waals surface area contributed by atoms with Crippen LogP contribution in [-0.4, -0.2) is 11.7 Å². The molecular weight excluding hydrogens is 320 g/mol. The maximum atomic E-state index is 9.01. The maximum absolute atomic E-state index is 9.01. The van der Waals surface area contributed by atoms with Gasteiger partial charge in [0.25, 0.3) is 0 Å². The predicted molar refractivity (Wildman–Crippen MR) is 80.0 cm³/mol. The Kier molecular flexibility index (Phi) is 3.94. The number of aliphatic hydroxyl groups excluding tert-OH is 1. The minimum atomic E-state index is 0.0489. The molecule has 2 aromatic rings. The van der Waals surface area contributed by atoms with Crippen molar-refractivity contribution in [1.29, 1.82) is 0 Å². The molecule has 0 saturated carbocycles. The SMILES string of the molecule is OCc1ccc(OCc2cc(Br)cc3c2OCC3)cc1. The van der Waals surface area contributed by atoms with E-state index >= 15 is 0 Å². The van der Waals surface area contributed by atoms with E-state index in [1.165, 1.54) is 5.56 Å². The molecule has 0 spiro atoms. The van der Waals surface area contributed by atoms with Crippen LogP contribution in [0.4, 0.5) is 0 Å². The Balaban J connectivity index is 1.75. The third-order valence-electron chi connectivity index (χ3n) is 3.33. The monoisotopic (exact) mass is 334 g/mol. The van der Waals surface area contributed by atoms with Crippen LogP contribution in [0.1, 0.15) is 16.7 Å². The van der Waals surface area contributed by atoms with Crippen LogP contribution in [0.25, 0.3) is 0 Å². The van der Waals surface area contributed by atoms with E-state index in [1.54, 1.807) is 0 Å². The molecule has 0 amide bonds. The Bertz CT molecular complexity index is 608. The van der Waals surface area contributed by atoms with Gasteiger partial charge in [-0.3, -0.25) is 0 Å². The fourth-order valence-corrected chi connectivity index (χ4v) is 2.86. The summed E-state index contributed by atoms with van der Waals surface area (Å²) >= 11 is 3.52. The molecule has 1 N–H and O–H groups in total. The van der Waals surface area contributed by atoms with E-state index in [9.17, 15) is 0 Å². The number of halogens is 1. The van der Waals surface area contributed by atoms with E-state index in [4.69, 9.17) is 14.6 Å². The maximum Gasteiger partial charge on any atom is 0.129 e. The molecule has 3 rings (SSSR count). The van der Waals surface area contributed by atoms with Gasteiger partial charge in [0.1, 0.15) is 18.1 Å². The average molecular weight is 335 g/mol. The Hall–Kier alpha value is -1.52. The van der Waals surface area contributed by atoms with Gasteiger partial charge in [-0.1, -0.05) is 28.1 Å². The number of fused-ring (bicyclic) bond motifs is 1. The molecule has 0 radical (unpaired) electrons. The molecule has 0 saturated heterocycles. The van der Waals surface area contributed by atoms with Crippen molar-refractivity contribution >= 4 is 15.9 Å². The van der Waals surface area contributed by atoms with Crippen molar-refractivity contribution in [2.75, 3.05) is 6.61 Å². The van der Waals surface area contributed by atoms with E-state index in [1.807, 2.05) is 30.3 Å². The van der Waals surface area contributed by atoms with Gasteiger partial charge in [-0.25, -0.2) is 0 Å². The Morgan fingerprint density at radius 2 is 2.00 bits per heavy atom. The highest BCUT2D eigenvalue weighted by atomic mass is 79.9. The Labute approximate surface area is 126 Å². The zero-order valence-corrected chi connectivity index (χ0v) is 12.5. The van der Waals surface area contributed by atoms with Crippen LogP contribution in [0.5, 0.6) is 11.5 Å². The normalized spacial score (nSPS) is 12.9. The molecule has 2 aromatic carbocycles. The Morgan fingerprint density at radius 1 is 1.20 bits per heavy atom. The van der Waals surface area contributed by atoms with E-state index in [0.717, 1.165) is 40.1 Å². The van der Waals surface area contributed by atoms with E-state index in [2.05, 4.69) is 22.0 Å². The van der Waals surface area contributed by atoms with Crippen LogP contribution < -0.4 is 9.47 Å². The van der Waals surface area contributed by atoms with Crippen molar-refractivity contribution in [2.45, 2.75) is 19.6 Å². The van der Waals surface area contributed by atoms with Gasteiger partial charge in [0, 0.05) is 16.5 Å². The van der Waals surface area contributed by atoms with Crippen molar-refractivity contribution in [3.8, 4) is 11.5 Å². The molecule has 4 heteroatoms. The van der Waals surface area contributed by atoms with Crippen molar-refractivity contribution in [3.05, 3.63) is 57.6 Å². The highest BCUT2D eigenvalue weighted by Crippen LogP contribution is 2.33. The first-order valence-electron chi connectivity index (χ1n) is 6.53. The van der Waals surface area contributed by atoms with E-state index in [0.29, 0.717) is 6.61 Å². The summed E-state index contributed by atoms with van der Waals surface area (Å²) in [4.78, 5) is 0. The summed E-state index contributed by atoms with van der Waals surface area (Å²) in [6.07, 6.45) is 0.951. The number of aliphatic hydroxyl groups is 1. The number of hydrogen-bond donors (Lipinski definition) is 1. The summed E-state index contributed by atoms with van der Waals surface area (Å²) in [6, 6.07) is 11.6. The minimum Gasteiger partial charge on any atom is -0.493 e. The zero-order chi connectivity index (χ0) is 13.9. The minimum absolute atomic E-state index is 0.0489. The van der Waals surface area contributed by atoms with Crippen molar-refractivity contribution < 1.29 is 14.6 Å². The third-order valence-corrected chi connectivity index (χ3v) is 3.78. The zero-order valence-electron chi connectivity index (χ0n) is 10.9. The fourth-order valence-electron chi connectivity index (χ4n) is 2.31. The van der Waals surface area contributed by atoms with Gasteiger partial charge >= 0.3 is 0 Å². The lowest BCUT2D eigenvalue weighted by molar-refractivity contribution is 0.280. The summed E-state index contributed by atoms with van der Waals surface area (Å²) in [5.41, 5.74) is 3.16. The molecule has 3 nitrogen and oxygen atoms in total. The lowest BCUT2D eigenvalue weighted by Crippen LogP contribution is -1.99. The smallest absolute Gasteiger partial charge is 0.129 e. The first-order chi connectivity index (χ1) is 9.76. The second-order valence-electron chi connectivity index (χ2n) is 4.74. The molecule has 104 valence electrons. The summed E-state index contributed by atoms with van der Waals surface area (Å²) in [7, 11) is 0. The average Bonchev–Trinajstić information content (AvgIpc) is 2.93. The molecule has 0 unspecified atom stereocenters. The molecule has 0 atom stereocenters.